The number of ether oxygens (including phenoxy) is 2. The molecule has 0 radical (unpaired) electrons. The summed E-state index contributed by atoms with van der Waals surface area (Å²) in [5, 5.41) is 15.0. The minimum atomic E-state index is -0.553. The molecule has 0 unspecified atom stereocenters. The van der Waals surface area contributed by atoms with Gasteiger partial charge >= 0.3 is 5.97 Å². The molecular formula is C27H25N5O5S. The van der Waals surface area contributed by atoms with Gasteiger partial charge in [-0.15, -0.1) is 0 Å². The van der Waals surface area contributed by atoms with E-state index in [4.69, 9.17) is 14.9 Å². The number of fused-ring (bicyclic) bond motifs is 1. The van der Waals surface area contributed by atoms with Crippen LogP contribution < -0.4 is 9.47 Å². The van der Waals surface area contributed by atoms with E-state index in [0.717, 1.165) is 44.1 Å². The number of likely N-dealkylation sites (tertiary alicyclic amines) is 1. The van der Waals surface area contributed by atoms with E-state index >= 15 is 0 Å². The van der Waals surface area contributed by atoms with Gasteiger partial charge in [0.2, 0.25) is 11.1 Å². The van der Waals surface area contributed by atoms with Gasteiger partial charge in [0.15, 0.2) is 5.84 Å². The van der Waals surface area contributed by atoms with Gasteiger partial charge in [0.05, 0.1) is 24.7 Å². The Labute approximate surface area is 223 Å². The van der Waals surface area contributed by atoms with Crippen molar-refractivity contribution in [3.8, 4) is 11.5 Å². The second-order valence-electron chi connectivity index (χ2n) is 8.82. The van der Waals surface area contributed by atoms with Crippen molar-refractivity contribution in [3.63, 3.8) is 0 Å². The Balaban J connectivity index is 1.25. The summed E-state index contributed by atoms with van der Waals surface area (Å²) in [6.45, 7) is 1.50. The second kappa shape index (κ2) is 11.0. The van der Waals surface area contributed by atoms with Crippen LogP contribution in [0.2, 0.25) is 0 Å². The molecule has 2 aromatic carbocycles. The van der Waals surface area contributed by atoms with Gasteiger partial charge < -0.3 is 14.4 Å². The Bertz CT molecular complexity index is 1380. The molecule has 0 bridgehead atoms. The van der Waals surface area contributed by atoms with Crippen LogP contribution in [0.15, 0.2) is 64.2 Å². The van der Waals surface area contributed by atoms with E-state index < -0.39 is 11.9 Å². The lowest BCUT2D eigenvalue weighted by Gasteiger charge is -2.26. The fourth-order valence-electron chi connectivity index (χ4n) is 4.18. The zero-order chi connectivity index (χ0) is 26.6. The molecule has 3 heterocycles. The molecule has 1 saturated heterocycles. The van der Waals surface area contributed by atoms with E-state index in [1.165, 1.54) is 11.1 Å². The number of hydrazone groups is 1. The maximum absolute atomic E-state index is 12.7. The van der Waals surface area contributed by atoms with Crippen molar-refractivity contribution in [2.24, 2.45) is 10.1 Å². The van der Waals surface area contributed by atoms with Crippen molar-refractivity contribution < 1.29 is 23.9 Å². The number of piperidine rings is 1. The summed E-state index contributed by atoms with van der Waals surface area (Å²) in [6.07, 6.45) is 4.80. The van der Waals surface area contributed by atoms with Crippen LogP contribution in [-0.4, -0.2) is 63.9 Å². The number of aliphatic imine (C=N–C) groups is 1. The summed E-state index contributed by atoms with van der Waals surface area (Å²) < 4.78 is 10.5. The van der Waals surface area contributed by atoms with Gasteiger partial charge in [-0.25, -0.2) is 4.79 Å². The summed E-state index contributed by atoms with van der Waals surface area (Å²) in [6, 6.07) is 13.1. The number of benzene rings is 2. The topological polar surface area (TPSA) is 125 Å². The molecule has 2 aromatic rings. The van der Waals surface area contributed by atoms with Crippen LogP contribution in [0.5, 0.6) is 11.5 Å². The van der Waals surface area contributed by atoms with Gasteiger partial charge in [0.25, 0.3) is 5.91 Å². The second-order valence-corrected chi connectivity index (χ2v) is 9.86. The van der Waals surface area contributed by atoms with E-state index in [9.17, 15) is 14.4 Å². The molecule has 194 valence electrons. The maximum atomic E-state index is 12.7. The summed E-state index contributed by atoms with van der Waals surface area (Å²) in [5.74, 6) is -0.201. The molecule has 1 N–H and O–H groups in total. The van der Waals surface area contributed by atoms with Crippen molar-refractivity contribution in [1.29, 1.82) is 5.41 Å². The number of amides is 2. The molecule has 2 amide bonds. The zero-order valence-corrected chi connectivity index (χ0v) is 21.5. The molecule has 1 fully saturated rings. The first kappa shape index (κ1) is 25.4. The van der Waals surface area contributed by atoms with E-state index in [0.29, 0.717) is 27.7 Å². The fraction of sp³-hybridized carbons (Fsp3) is 0.259. The lowest BCUT2D eigenvalue weighted by Crippen LogP contribution is -2.36. The molecule has 0 aliphatic carbocycles. The number of carbonyl (C=O) groups is 3. The molecule has 10 nitrogen and oxygen atoms in total. The molecule has 11 heteroatoms. The summed E-state index contributed by atoms with van der Waals surface area (Å²) in [4.78, 5) is 43.6. The Morgan fingerprint density at radius 3 is 2.39 bits per heavy atom. The number of rotatable bonds is 6. The third-order valence-corrected chi connectivity index (χ3v) is 7.14. The molecule has 0 aromatic heterocycles. The first-order valence-electron chi connectivity index (χ1n) is 12.1. The predicted molar refractivity (Wildman–Crippen MR) is 144 cm³/mol. The van der Waals surface area contributed by atoms with Crippen LogP contribution in [0.25, 0.3) is 6.08 Å². The van der Waals surface area contributed by atoms with Crippen molar-refractivity contribution in [2.75, 3.05) is 20.2 Å². The van der Waals surface area contributed by atoms with E-state index in [1.54, 1.807) is 55.6 Å². The van der Waals surface area contributed by atoms with Crippen molar-refractivity contribution in [3.05, 3.63) is 65.2 Å². The van der Waals surface area contributed by atoms with E-state index in [-0.39, 0.29) is 28.9 Å². The summed E-state index contributed by atoms with van der Waals surface area (Å²) >= 11 is 1.14. The molecule has 5 rings (SSSR count). The van der Waals surface area contributed by atoms with Crippen LogP contribution in [0.4, 0.5) is 0 Å². The van der Waals surface area contributed by atoms with Crippen LogP contribution >= 0.6 is 11.8 Å². The van der Waals surface area contributed by atoms with Gasteiger partial charge in [0.1, 0.15) is 16.5 Å². The van der Waals surface area contributed by atoms with Gasteiger partial charge in [-0.1, -0.05) is 12.1 Å². The lowest BCUT2D eigenvalue weighted by molar-refractivity contribution is -0.130. The molecular weight excluding hydrogens is 506 g/mol. The number of thioether (sulfide) groups is 1. The van der Waals surface area contributed by atoms with E-state index in [2.05, 4.69) is 10.1 Å². The lowest BCUT2D eigenvalue weighted by atomic mass is 10.1. The maximum Gasteiger partial charge on any atom is 0.343 e. The van der Waals surface area contributed by atoms with Crippen LogP contribution in [0.1, 0.15) is 41.6 Å². The molecule has 3 aliphatic heterocycles. The SMILES string of the molecule is COc1ccc(C(=O)Oc2ccc(/C=C3/C(=N)N4N=C(CC(=O)N5CCCCC5)SC4=NC3=O)cc2)cc1. The van der Waals surface area contributed by atoms with Crippen molar-refractivity contribution in [2.45, 2.75) is 25.7 Å². The highest BCUT2D eigenvalue weighted by atomic mass is 32.2. The highest BCUT2D eigenvalue weighted by molar-refractivity contribution is 8.27. The minimum absolute atomic E-state index is 0.00204. The largest absolute Gasteiger partial charge is 0.497 e. The number of esters is 1. The Morgan fingerprint density at radius 2 is 1.71 bits per heavy atom. The van der Waals surface area contributed by atoms with Crippen LogP contribution in [0.3, 0.4) is 0 Å². The van der Waals surface area contributed by atoms with Gasteiger partial charge in [-0.05, 0) is 79.1 Å². The third kappa shape index (κ3) is 5.52. The van der Waals surface area contributed by atoms with Gasteiger partial charge in [-0.2, -0.15) is 15.1 Å². The minimum Gasteiger partial charge on any atom is -0.497 e. The normalized spacial score (nSPS) is 18.2. The highest BCUT2D eigenvalue weighted by Crippen LogP contribution is 2.30. The Morgan fingerprint density at radius 1 is 1.03 bits per heavy atom. The first-order chi connectivity index (χ1) is 18.4. The number of carbonyl (C=O) groups excluding carboxylic acids is 3. The van der Waals surface area contributed by atoms with Crippen molar-refractivity contribution in [1.82, 2.24) is 9.91 Å². The number of hydrogen-bond acceptors (Lipinski definition) is 8. The van der Waals surface area contributed by atoms with Crippen LogP contribution in [0, 0.1) is 5.41 Å². The number of nitrogens with one attached hydrogen (secondary N) is 1. The van der Waals surface area contributed by atoms with Gasteiger partial charge in [-0.3, -0.25) is 15.0 Å². The standard InChI is InChI=1S/C27H25N5O5S/c1-36-19-11-7-18(8-12-19)26(35)37-20-9-5-17(6-10-20)15-21-24(28)32-27(29-25(21)34)38-22(30-32)16-23(33)31-13-3-2-4-14-31/h5-12,15,28H,2-4,13-14,16H2,1H3/b21-15-,28-24?. The van der Waals surface area contributed by atoms with Crippen LogP contribution in [-0.2, 0) is 9.59 Å². The van der Waals surface area contributed by atoms with Crippen molar-refractivity contribution >= 4 is 51.7 Å². The highest BCUT2D eigenvalue weighted by Gasteiger charge is 2.36. The number of hydrogen-bond donors (Lipinski definition) is 1. The monoisotopic (exact) mass is 531 g/mol. The first-order valence-corrected chi connectivity index (χ1v) is 13.0. The number of nitrogens with zero attached hydrogens (tertiary/aromatic N) is 4. The third-order valence-electron chi connectivity index (χ3n) is 6.23. The molecule has 0 atom stereocenters. The molecule has 0 spiro atoms. The smallest absolute Gasteiger partial charge is 0.343 e. The Kier molecular flexibility index (Phi) is 7.36. The average Bonchev–Trinajstić information content (AvgIpc) is 3.34. The van der Waals surface area contributed by atoms with Gasteiger partial charge in [0, 0.05) is 13.1 Å². The average molecular weight is 532 g/mol. The predicted octanol–water partition coefficient (Wildman–Crippen LogP) is 3.94. The summed E-state index contributed by atoms with van der Waals surface area (Å²) in [5.41, 5.74) is 1.08. The molecule has 0 saturated carbocycles. The Hall–Kier alpha value is -4.25. The fourth-order valence-corrected chi connectivity index (χ4v) is 5.06. The quantitative estimate of drug-likeness (QED) is 0.340. The molecule has 38 heavy (non-hydrogen) atoms. The molecule has 3 aliphatic rings. The van der Waals surface area contributed by atoms with E-state index in [1.807, 2.05) is 4.90 Å². The number of methoxy groups -OCH3 is 1. The number of amidine groups is 2. The summed E-state index contributed by atoms with van der Waals surface area (Å²) in [7, 11) is 1.55. The zero-order valence-electron chi connectivity index (χ0n) is 20.7.